The number of hydrogen-bond donors (Lipinski definition) is 2. The highest BCUT2D eigenvalue weighted by Gasteiger charge is 2.14. The molecular formula is C18H29N3O3S. The molecule has 0 atom stereocenters. The lowest BCUT2D eigenvalue weighted by molar-refractivity contribution is -0.116. The smallest absolute Gasteiger partial charge is 0.224 e. The van der Waals surface area contributed by atoms with Crippen LogP contribution in [0.5, 0.6) is 0 Å². The van der Waals surface area contributed by atoms with E-state index in [0.29, 0.717) is 25.8 Å². The lowest BCUT2D eigenvalue weighted by atomic mass is 10.2. The van der Waals surface area contributed by atoms with Gasteiger partial charge < -0.3 is 10.2 Å². The van der Waals surface area contributed by atoms with Gasteiger partial charge in [-0.2, -0.15) is 0 Å². The van der Waals surface area contributed by atoms with E-state index >= 15 is 0 Å². The van der Waals surface area contributed by atoms with Crippen LogP contribution in [0, 0.1) is 0 Å². The summed E-state index contributed by atoms with van der Waals surface area (Å²) in [5.41, 5.74) is 2.00. The van der Waals surface area contributed by atoms with Crippen LogP contribution in [0.2, 0.25) is 0 Å². The quantitative estimate of drug-likeness (QED) is 0.658. The summed E-state index contributed by atoms with van der Waals surface area (Å²) >= 11 is 0. The summed E-state index contributed by atoms with van der Waals surface area (Å²) in [5, 5.41) is 2.46. The van der Waals surface area contributed by atoms with Crippen molar-refractivity contribution in [3.63, 3.8) is 0 Å². The SMILES string of the molecule is CC(C)S(=O)(=O)NCCCCC(=O)Nc1ccc(N2CCCC2)cc1. The molecule has 1 aliphatic rings. The first-order valence-electron chi connectivity index (χ1n) is 9.02. The largest absolute Gasteiger partial charge is 0.372 e. The molecule has 7 heteroatoms. The second-order valence-corrected chi connectivity index (χ2v) is 9.06. The van der Waals surface area contributed by atoms with Crippen molar-refractivity contribution in [1.82, 2.24) is 4.72 Å². The maximum Gasteiger partial charge on any atom is 0.224 e. The summed E-state index contributed by atoms with van der Waals surface area (Å²) < 4.78 is 25.7. The fourth-order valence-corrected chi connectivity index (χ4v) is 3.51. The van der Waals surface area contributed by atoms with Gasteiger partial charge in [-0.05, 0) is 63.8 Å². The molecule has 0 aromatic heterocycles. The number of anilines is 2. The molecule has 1 fully saturated rings. The molecule has 0 unspecified atom stereocenters. The minimum Gasteiger partial charge on any atom is -0.372 e. The maximum absolute atomic E-state index is 12.0. The number of amides is 1. The average Bonchev–Trinajstić information content (AvgIpc) is 3.09. The Labute approximate surface area is 151 Å². The molecule has 0 spiro atoms. The van der Waals surface area contributed by atoms with Gasteiger partial charge in [-0.1, -0.05) is 0 Å². The number of benzene rings is 1. The van der Waals surface area contributed by atoms with Crippen molar-refractivity contribution in [2.45, 2.75) is 51.2 Å². The molecule has 140 valence electrons. The van der Waals surface area contributed by atoms with Gasteiger partial charge in [0.05, 0.1) is 5.25 Å². The Bertz CT molecular complexity index is 651. The number of rotatable bonds is 9. The molecule has 2 N–H and O–H groups in total. The first-order chi connectivity index (χ1) is 11.9. The Morgan fingerprint density at radius 3 is 2.36 bits per heavy atom. The van der Waals surface area contributed by atoms with Gasteiger partial charge in [0.15, 0.2) is 0 Å². The van der Waals surface area contributed by atoms with Crippen LogP contribution in [-0.2, 0) is 14.8 Å². The molecule has 2 rings (SSSR count). The molecule has 1 amide bonds. The predicted octanol–water partition coefficient (Wildman–Crippen LogP) is 2.72. The van der Waals surface area contributed by atoms with Crippen LogP contribution in [0.4, 0.5) is 11.4 Å². The van der Waals surface area contributed by atoms with Crippen molar-refractivity contribution in [2.75, 3.05) is 29.9 Å². The predicted molar refractivity (Wildman–Crippen MR) is 102 cm³/mol. The van der Waals surface area contributed by atoms with Crippen molar-refractivity contribution in [3.05, 3.63) is 24.3 Å². The Hall–Kier alpha value is -1.60. The van der Waals surface area contributed by atoms with Crippen LogP contribution in [0.25, 0.3) is 0 Å². The van der Waals surface area contributed by atoms with Crippen LogP contribution in [0.1, 0.15) is 46.0 Å². The number of nitrogens with zero attached hydrogens (tertiary/aromatic N) is 1. The third kappa shape index (κ3) is 6.32. The highest BCUT2D eigenvalue weighted by atomic mass is 32.2. The number of sulfonamides is 1. The van der Waals surface area contributed by atoms with E-state index in [4.69, 9.17) is 0 Å². The monoisotopic (exact) mass is 367 g/mol. The van der Waals surface area contributed by atoms with Crippen LogP contribution in [0.3, 0.4) is 0 Å². The van der Waals surface area contributed by atoms with E-state index < -0.39 is 15.3 Å². The van der Waals surface area contributed by atoms with Crippen LogP contribution in [-0.4, -0.2) is 39.2 Å². The molecule has 25 heavy (non-hydrogen) atoms. The lowest BCUT2D eigenvalue weighted by Crippen LogP contribution is -2.31. The Kier molecular flexibility index (Phi) is 7.25. The van der Waals surface area contributed by atoms with E-state index in [1.807, 2.05) is 24.3 Å². The van der Waals surface area contributed by atoms with Gasteiger partial charge in [0, 0.05) is 37.4 Å². The zero-order chi connectivity index (χ0) is 18.3. The van der Waals surface area contributed by atoms with Crippen molar-refractivity contribution >= 4 is 27.3 Å². The number of nitrogens with one attached hydrogen (secondary N) is 2. The van der Waals surface area contributed by atoms with Crippen LogP contribution in [0.15, 0.2) is 24.3 Å². The molecule has 1 aliphatic heterocycles. The highest BCUT2D eigenvalue weighted by Crippen LogP contribution is 2.22. The first-order valence-corrected chi connectivity index (χ1v) is 10.6. The van der Waals surface area contributed by atoms with Gasteiger partial charge in [0.1, 0.15) is 0 Å². The number of unbranched alkanes of at least 4 members (excludes halogenated alkanes) is 1. The third-order valence-electron chi connectivity index (χ3n) is 4.38. The standard InChI is InChI=1S/C18H29N3O3S/c1-15(2)25(23,24)19-12-4-3-7-18(22)20-16-8-10-17(11-9-16)21-13-5-6-14-21/h8-11,15,19H,3-7,12-14H2,1-2H3,(H,20,22). The van der Waals surface area contributed by atoms with Gasteiger partial charge >= 0.3 is 0 Å². The zero-order valence-corrected chi connectivity index (χ0v) is 15.9. The summed E-state index contributed by atoms with van der Waals surface area (Å²) in [6.45, 7) is 5.87. The van der Waals surface area contributed by atoms with Gasteiger partial charge in [0.25, 0.3) is 0 Å². The summed E-state index contributed by atoms with van der Waals surface area (Å²) in [5.74, 6) is -0.0411. The van der Waals surface area contributed by atoms with E-state index in [9.17, 15) is 13.2 Å². The summed E-state index contributed by atoms with van der Waals surface area (Å²) in [7, 11) is -3.21. The van der Waals surface area contributed by atoms with Gasteiger partial charge in [0.2, 0.25) is 15.9 Å². The molecule has 0 radical (unpaired) electrons. The van der Waals surface area contributed by atoms with Crippen molar-refractivity contribution < 1.29 is 13.2 Å². The van der Waals surface area contributed by atoms with E-state index in [-0.39, 0.29) is 5.91 Å². The normalized spacial score (nSPS) is 14.9. The van der Waals surface area contributed by atoms with Gasteiger partial charge in [-0.25, -0.2) is 13.1 Å². The molecule has 6 nitrogen and oxygen atoms in total. The third-order valence-corrected chi connectivity index (χ3v) is 6.22. The molecule has 1 saturated heterocycles. The van der Waals surface area contributed by atoms with Crippen molar-refractivity contribution in [3.8, 4) is 0 Å². The highest BCUT2D eigenvalue weighted by molar-refractivity contribution is 7.90. The summed E-state index contributed by atoms with van der Waals surface area (Å²) in [6, 6.07) is 7.95. The van der Waals surface area contributed by atoms with Gasteiger partial charge in [-0.3, -0.25) is 4.79 Å². The minimum absolute atomic E-state index is 0.0411. The van der Waals surface area contributed by atoms with Crippen LogP contribution < -0.4 is 14.9 Å². The molecule has 0 saturated carbocycles. The molecule has 1 aromatic carbocycles. The van der Waals surface area contributed by atoms with Crippen LogP contribution >= 0.6 is 0 Å². The molecular weight excluding hydrogens is 338 g/mol. The van der Waals surface area contributed by atoms with Crippen molar-refractivity contribution in [1.29, 1.82) is 0 Å². The average molecular weight is 368 g/mol. The zero-order valence-electron chi connectivity index (χ0n) is 15.1. The van der Waals surface area contributed by atoms with E-state index in [1.165, 1.54) is 18.5 Å². The lowest BCUT2D eigenvalue weighted by Gasteiger charge is -2.17. The van der Waals surface area contributed by atoms with E-state index in [0.717, 1.165) is 18.8 Å². The second kappa shape index (κ2) is 9.20. The summed E-state index contributed by atoms with van der Waals surface area (Å²) in [4.78, 5) is 14.3. The Balaban J connectivity index is 1.66. The maximum atomic E-state index is 12.0. The summed E-state index contributed by atoms with van der Waals surface area (Å²) in [6.07, 6.45) is 4.17. The van der Waals surface area contributed by atoms with Gasteiger partial charge in [-0.15, -0.1) is 0 Å². The van der Waals surface area contributed by atoms with Crippen molar-refractivity contribution in [2.24, 2.45) is 0 Å². The topological polar surface area (TPSA) is 78.5 Å². The second-order valence-electron chi connectivity index (χ2n) is 6.73. The fraction of sp³-hybridized carbons (Fsp3) is 0.611. The molecule has 0 bridgehead atoms. The molecule has 1 aromatic rings. The Morgan fingerprint density at radius 1 is 1.12 bits per heavy atom. The Morgan fingerprint density at radius 2 is 1.76 bits per heavy atom. The number of carbonyl (C=O) groups is 1. The number of carbonyl (C=O) groups excluding carboxylic acids is 1. The number of hydrogen-bond acceptors (Lipinski definition) is 4. The van der Waals surface area contributed by atoms with E-state index in [2.05, 4.69) is 14.9 Å². The first kappa shape index (κ1) is 19.7. The molecule has 1 heterocycles. The fourth-order valence-electron chi connectivity index (χ4n) is 2.75. The molecule has 0 aliphatic carbocycles. The minimum atomic E-state index is -3.21. The van der Waals surface area contributed by atoms with E-state index in [1.54, 1.807) is 13.8 Å².